The number of nitrogens with one attached hydrogen (secondary N) is 1. The third-order valence-corrected chi connectivity index (χ3v) is 3.17. The lowest BCUT2D eigenvalue weighted by Gasteiger charge is -2.35. The molecule has 18 heavy (non-hydrogen) atoms. The molecule has 98 valence electrons. The summed E-state index contributed by atoms with van der Waals surface area (Å²) in [6.45, 7) is 3.49. The van der Waals surface area contributed by atoms with E-state index in [-0.39, 0.29) is 16.8 Å². The number of hydrogen-bond acceptors (Lipinski definition) is 4. The molecule has 1 aromatic rings. The number of benzene rings is 1. The monoisotopic (exact) mass is 250 g/mol. The topological polar surface area (TPSA) is 84.6 Å². The fraction of sp³-hybridized carbons (Fsp3) is 0.462. The zero-order chi connectivity index (χ0) is 13.2. The minimum atomic E-state index is -1.01. The first kappa shape index (κ1) is 12.7. The van der Waals surface area contributed by atoms with Gasteiger partial charge in [-0.05, 0) is 38.0 Å². The molecule has 4 N–H and O–H groups in total. The summed E-state index contributed by atoms with van der Waals surface area (Å²) in [6, 6.07) is 4.97. The number of aromatic carboxylic acids is 1. The van der Waals surface area contributed by atoms with Crippen LogP contribution >= 0.6 is 0 Å². The highest BCUT2D eigenvalue weighted by Gasteiger charge is 2.27. The van der Waals surface area contributed by atoms with E-state index in [1.807, 2.05) is 0 Å². The Bertz CT molecular complexity index is 454. The maximum atomic E-state index is 11.0. The second-order valence-corrected chi connectivity index (χ2v) is 4.95. The maximum Gasteiger partial charge on any atom is 0.337 e. The average molecular weight is 250 g/mol. The molecule has 0 spiro atoms. The fourth-order valence-electron chi connectivity index (χ4n) is 2.20. The molecule has 0 bridgehead atoms. The molecule has 1 aliphatic heterocycles. The number of ether oxygens (including phenoxy) is 1. The molecule has 0 amide bonds. The molecule has 1 aliphatic rings. The van der Waals surface area contributed by atoms with Gasteiger partial charge in [-0.2, -0.15) is 0 Å². The number of nitrogens with two attached hydrogens (primary N) is 1. The summed E-state index contributed by atoms with van der Waals surface area (Å²) in [7, 11) is 0. The molecule has 1 fully saturated rings. The summed E-state index contributed by atoms with van der Waals surface area (Å²) >= 11 is 0. The van der Waals surface area contributed by atoms with Gasteiger partial charge in [0.25, 0.3) is 0 Å². The van der Waals surface area contributed by atoms with Crippen molar-refractivity contribution < 1.29 is 14.6 Å². The number of carbonyl (C=O) groups is 1. The Balaban J connectivity index is 2.18. The van der Waals surface area contributed by atoms with Gasteiger partial charge in [0.2, 0.25) is 0 Å². The number of nitrogen functional groups attached to an aromatic ring is 1. The third-order valence-electron chi connectivity index (χ3n) is 3.17. The fourth-order valence-corrected chi connectivity index (χ4v) is 2.20. The minimum Gasteiger partial charge on any atom is -0.478 e. The Morgan fingerprint density at radius 3 is 2.94 bits per heavy atom. The van der Waals surface area contributed by atoms with Crippen LogP contribution in [0.3, 0.4) is 0 Å². The van der Waals surface area contributed by atoms with Gasteiger partial charge in [-0.15, -0.1) is 0 Å². The molecular weight excluding hydrogens is 232 g/mol. The van der Waals surface area contributed by atoms with Gasteiger partial charge in [0, 0.05) is 18.0 Å². The Morgan fingerprint density at radius 2 is 2.33 bits per heavy atom. The van der Waals surface area contributed by atoms with Crippen LogP contribution in [0.1, 0.15) is 30.1 Å². The number of anilines is 2. The second-order valence-electron chi connectivity index (χ2n) is 4.95. The molecule has 0 saturated carbocycles. The van der Waals surface area contributed by atoms with Crippen molar-refractivity contribution in [2.24, 2.45) is 0 Å². The summed E-state index contributed by atoms with van der Waals surface area (Å²) in [5.74, 6) is -1.01. The quantitative estimate of drug-likeness (QED) is 0.714. The summed E-state index contributed by atoms with van der Waals surface area (Å²) < 4.78 is 5.46. The zero-order valence-electron chi connectivity index (χ0n) is 10.4. The number of carboxylic acids is 1. The normalized spacial score (nSPS) is 23.6. The summed E-state index contributed by atoms with van der Waals surface area (Å²) in [5, 5.41) is 12.4. The van der Waals surface area contributed by atoms with Gasteiger partial charge >= 0.3 is 5.97 Å². The summed E-state index contributed by atoms with van der Waals surface area (Å²) in [4.78, 5) is 11.0. The van der Waals surface area contributed by atoms with Crippen molar-refractivity contribution in [2.75, 3.05) is 24.3 Å². The molecule has 1 heterocycles. The Hall–Kier alpha value is -1.75. The average Bonchev–Trinajstić information content (AvgIpc) is 2.32. The van der Waals surface area contributed by atoms with Gasteiger partial charge in [-0.25, -0.2) is 4.79 Å². The first-order valence-corrected chi connectivity index (χ1v) is 5.99. The zero-order valence-corrected chi connectivity index (χ0v) is 10.4. The van der Waals surface area contributed by atoms with E-state index >= 15 is 0 Å². The van der Waals surface area contributed by atoms with Crippen molar-refractivity contribution in [2.45, 2.75) is 25.3 Å². The van der Waals surface area contributed by atoms with Gasteiger partial charge in [-0.1, -0.05) is 0 Å². The molecule has 0 aliphatic carbocycles. The van der Waals surface area contributed by atoms with E-state index < -0.39 is 5.97 Å². The second kappa shape index (κ2) is 4.86. The molecule has 1 atom stereocenters. The molecule has 1 aromatic carbocycles. The first-order valence-electron chi connectivity index (χ1n) is 5.99. The lowest BCUT2D eigenvalue weighted by atomic mass is 9.94. The molecular formula is C13H18N2O3. The lowest BCUT2D eigenvalue weighted by molar-refractivity contribution is 0.0540. The lowest BCUT2D eigenvalue weighted by Crippen LogP contribution is -2.43. The van der Waals surface area contributed by atoms with Crippen LogP contribution < -0.4 is 11.1 Å². The van der Waals surface area contributed by atoms with E-state index in [0.717, 1.165) is 25.1 Å². The van der Waals surface area contributed by atoms with Gasteiger partial charge in [0.05, 0.1) is 17.7 Å². The summed E-state index contributed by atoms with van der Waals surface area (Å²) in [5.41, 5.74) is 6.63. The van der Waals surface area contributed by atoms with Crippen molar-refractivity contribution in [1.29, 1.82) is 0 Å². The predicted molar refractivity (Wildman–Crippen MR) is 69.9 cm³/mol. The Labute approximate surface area is 106 Å². The molecule has 0 radical (unpaired) electrons. The van der Waals surface area contributed by atoms with E-state index in [9.17, 15) is 4.79 Å². The van der Waals surface area contributed by atoms with Crippen LogP contribution in [0.5, 0.6) is 0 Å². The molecule has 5 heteroatoms. The highest BCUT2D eigenvalue weighted by atomic mass is 16.5. The van der Waals surface area contributed by atoms with Crippen LogP contribution in [0.25, 0.3) is 0 Å². The standard InChI is InChI=1S/C13H18N2O3/c1-13(5-2-6-18-8-13)15-9-3-4-11(14)10(7-9)12(16)17/h3-4,7,15H,2,5-6,8,14H2,1H3,(H,16,17). The van der Waals surface area contributed by atoms with Crippen LogP contribution in [0.2, 0.25) is 0 Å². The van der Waals surface area contributed by atoms with Crippen molar-refractivity contribution in [1.82, 2.24) is 0 Å². The Morgan fingerprint density at radius 1 is 1.56 bits per heavy atom. The van der Waals surface area contributed by atoms with Gasteiger partial charge in [-0.3, -0.25) is 0 Å². The smallest absolute Gasteiger partial charge is 0.337 e. The summed E-state index contributed by atoms with van der Waals surface area (Å²) in [6.07, 6.45) is 2.00. The van der Waals surface area contributed by atoms with E-state index in [2.05, 4.69) is 12.2 Å². The van der Waals surface area contributed by atoms with Gasteiger partial charge in [0.1, 0.15) is 0 Å². The van der Waals surface area contributed by atoms with Crippen molar-refractivity contribution in [3.05, 3.63) is 23.8 Å². The number of hydrogen-bond donors (Lipinski definition) is 3. The van der Waals surface area contributed by atoms with Crippen LogP contribution in [-0.4, -0.2) is 29.8 Å². The van der Waals surface area contributed by atoms with E-state index in [4.69, 9.17) is 15.6 Å². The predicted octanol–water partition coefficient (Wildman–Crippen LogP) is 1.95. The first-order chi connectivity index (χ1) is 8.50. The van der Waals surface area contributed by atoms with Crippen LogP contribution in [0.15, 0.2) is 18.2 Å². The highest BCUT2D eigenvalue weighted by Crippen LogP contribution is 2.26. The molecule has 5 nitrogen and oxygen atoms in total. The number of carboxylic acid groups (broad SMARTS) is 1. The largest absolute Gasteiger partial charge is 0.478 e. The highest BCUT2D eigenvalue weighted by molar-refractivity contribution is 5.94. The van der Waals surface area contributed by atoms with Gasteiger partial charge in [0.15, 0.2) is 0 Å². The molecule has 1 unspecified atom stereocenters. The van der Waals surface area contributed by atoms with E-state index in [1.165, 1.54) is 0 Å². The van der Waals surface area contributed by atoms with Crippen LogP contribution in [0, 0.1) is 0 Å². The van der Waals surface area contributed by atoms with Gasteiger partial charge < -0.3 is 20.9 Å². The van der Waals surface area contributed by atoms with Crippen molar-refractivity contribution in [3.63, 3.8) is 0 Å². The maximum absolute atomic E-state index is 11.0. The van der Waals surface area contributed by atoms with Crippen molar-refractivity contribution in [3.8, 4) is 0 Å². The SMILES string of the molecule is CC1(Nc2ccc(N)c(C(=O)O)c2)CCCOC1. The number of rotatable bonds is 3. The van der Waals surface area contributed by atoms with Crippen molar-refractivity contribution >= 4 is 17.3 Å². The van der Waals surface area contributed by atoms with E-state index in [1.54, 1.807) is 18.2 Å². The molecule has 2 rings (SSSR count). The molecule has 1 saturated heterocycles. The Kier molecular flexibility index (Phi) is 3.43. The van der Waals surface area contributed by atoms with Crippen LogP contribution in [-0.2, 0) is 4.74 Å². The minimum absolute atomic E-state index is 0.125. The third kappa shape index (κ3) is 2.73. The van der Waals surface area contributed by atoms with E-state index in [0.29, 0.717) is 6.61 Å². The molecule has 0 aromatic heterocycles. The van der Waals surface area contributed by atoms with Crippen LogP contribution in [0.4, 0.5) is 11.4 Å².